The molecule has 3 rings (SSSR count). The number of hydrogen-bond donors (Lipinski definition) is 1. The average Bonchev–Trinajstić information content (AvgIpc) is 3.21. The lowest BCUT2D eigenvalue weighted by molar-refractivity contribution is 0.102. The number of aromatic nitrogens is 4. The van der Waals surface area contributed by atoms with E-state index >= 15 is 0 Å². The molecule has 8 heteroatoms. The molecule has 136 valence electrons. The number of rotatable bonds is 4. The average molecular weight is 371 g/mol. The molecule has 0 spiro atoms. The lowest BCUT2D eigenvalue weighted by atomic mass is 10.1. The zero-order valence-corrected chi connectivity index (χ0v) is 16.2. The van der Waals surface area contributed by atoms with Crippen molar-refractivity contribution in [2.24, 2.45) is 0 Å². The van der Waals surface area contributed by atoms with Crippen molar-refractivity contribution in [2.45, 2.75) is 33.2 Å². The van der Waals surface area contributed by atoms with Crippen molar-refractivity contribution in [3.8, 4) is 17.1 Å². The summed E-state index contributed by atoms with van der Waals surface area (Å²) in [5.41, 5.74) is 2.02. The van der Waals surface area contributed by atoms with Crippen molar-refractivity contribution in [1.29, 1.82) is 0 Å². The number of methoxy groups -OCH3 is 1. The molecule has 2 aromatic heterocycles. The van der Waals surface area contributed by atoms with Gasteiger partial charge < -0.3 is 4.74 Å². The largest absolute Gasteiger partial charge is 0.497 e. The minimum atomic E-state index is -0.240. The fourth-order valence-electron chi connectivity index (χ4n) is 2.60. The van der Waals surface area contributed by atoms with E-state index in [1.165, 1.54) is 0 Å². The Morgan fingerprint density at radius 2 is 1.92 bits per heavy atom. The van der Waals surface area contributed by atoms with Crippen molar-refractivity contribution in [3.63, 3.8) is 0 Å². The van der Waals surface area contributed by atoms with Gasteiger partial charge in [-0.2, -0.15) is 14.5 Å². The van der Waals surface area contributed by atoms with Crippen molar-refractivity contribution in [1.82, 2.24) is 19.1 Å². The minimum Gasteiger partial charge on any atom is -0.497 e. The second-order valence-corrected chi connectivity index (χ2v) is 7.58. The number of hydrogen-bond acceptors (Lipinski definition) is 6. The second kappa shape index (κ2) is 6.87. The van der Waals surface area contributed by atoms with Gasteiger partial charge in [-0.15, -0.1) is 0 Å². The Bertz CT molecular complexity index is 922. The molecule has 0 aliphatic carbocycles. The molecule has 26 heavy (non-hydrogen) atoms. The van der Waals surface area contributed by atoms with Gasteiger partial charge in [-0.25, -0.2) is 0 Å². The molecule has 7 nitrogen and oxygen atoms in total. The zero-order chi connectivity index (χ0) is 18.9. The quantitative estimate of drug-likeness (QED) is 0.756. The number of benzene rings is 1. The predicted octanol–water partition coefficient (Wildman–Crippen LogP) is 3.73. The number of carbonyl (C=O) groups excluding carboxylic acids is 1. The highest BCUT2D eigenvalue weighted by Crippen LogP contribution is 2.24. The van der Waals surface area contributed by atoms with E-state index in [9.17, 15) is 4.79 Å². The summed E-state index contributed by atoms with van der Waals surface area (Å²) < 4.78 is 11.3. The fourth-order valence-corrected chi connectivity index (χ4v) is 3.19. The Labute approximate surface area is 156 Å². The van der Waals surface area contributed by atoms with Gasteiger partial charge in [0.15, 0.2) is 5.82 Å². The number of anilines is 1. The van der Waals surface area contributed by atoms with Gasteiger partial charge >= 0.3 is 0 Å². The molecule has 0 radical (unpaired) electrons. The summed E-state index contributed by atoms with van der Waals surface area (Å²) in [5.74, 6) is 1.09. The number of nitrogens with one attached hydrogen (secondary N) is 1. The van der Waals surface area contributed by atoms with E-state index in [1.807, 2.05) is 56.6 Å². The molecule has 0 saturated carbocycles. The van der Waals surface area contributed by atoms with E-state index in [0.717, 1.165) is 28.5 Å². The molecule has 2 heterocycles. The van der Waals surface area contributed by atoms with E-state index < -0.39 is 0 Å². The third-order valence-electron chi connectivity index (χ3n) is 3.88. The Kier molecular flexibility index (Phi) is 4.78. The Morgan fingerprint density at radius 3 is 2.50 bits per heavy atom. The molecule has 0 fully saturated rings. The highest BCUT2D eigenvalue weighted by molar-refractivity contribution is 7.10. The maximum atomic E-state index is 12.6. The topological polar surface area (TPSA) is 81.9 Å². The first-order valence-corrected chi connectivity index (χ1v) is 8.91. The van der Waals surface area contributed by atoms with Gasteiger partial charge in [0.05, 0.1) is 24.4 Å². The first-order chi connectivity index (χ1) is 12.3. The maximum absolute atomic E-state index is 12.6. The maximum Gasteiger partial charge on any atom is 0.260 e. The summed E-state index contributed by atoms with van der Waals surface area (Å²) in [7, 11) is 1.62. The van der Waals surface area contributed by atoms with Crippen molar-refractivity contribution in [3.05, 3.63) is 41.7 Å². The van der Waals surface area contributed by atoms with E-state index in [0.29, 0.717) is 16.5 Å². The SMILES string of the molecule is COc1ccc(-c2nsc(NC(=O)c3cnn(C(C)(C)C)c3C)n2)cc1. The molecule has 1 amide bonds. The van der Waals surface area contributed by atoms with Crippen LogP contribution in [0.15, 0.2) is 30.5 Å². The smallest absolute Gasteiger partial charge is 0.260 e. The Balaban J connectivity index is 1.77. The number of amides is 1. The molecular weight excluding hydrogens is 350 g/mol. The molecule has 0 aliphatic heterocycles. The molecular formula is C18H21N5O2S. The molecule has 0 bridgehead atoms. The zero-order valence-electron chi connectivity index (χ0n) is 15.4. The van der Waals surface area contributed by atoms with E-state index in [2.05, 4.69) is 19.8 Å². The highest BCUT2D eigenvalue weighted by Gasteiger charge is 2.22. The van der Waals surface area contributed by atoms with E-state index in [4.69, 9.17) is 4.74 Å². The van der Waals surface area contributed by atoms with E-state index in [1.54, 1.807) is 13.3 Å². The minimum absolute atomic E-state index is 0.188. The lowest BCUT2D eigenvalue weighted by Gasteiger charge is -2.21. The van der Waals surface area contributed by atoms with Gasteiger partial charge in [-0.3, -0.25) is 14.8 Å². The normalized spacial score (nSPS) is 11.4. The van der Waals surface area contributed by atoms with Crippen LogP contribution in [0.1, 0.15) is 36.8 Å². The highest BCUT2D eigenvalue weighted by atomic mass is 32.1. The van der Waals surface area contributed by atoms with Crippen molar-refractivity contribution < 1.29 is 9.53 Å². The number of nitrogens with zero attached hydrogens (tertiary/aromatic N) is 4. The van der Waals surface area contributed by atoms with Crippen LogP contribution < -0.4 is 10.1 Å². The van der Waals surface area contributed by atoms with Crippen LogP contribution in [-0.2, 0) is 5.54 Å². The molecule has 0 atom stereocenters. The Hall–Kier alpha value is -2.74. The monoisotopic (exact) mass is 371 g/mol. The predicted molar refractivity (Wildman–Crippen MR) is 102 cm³/mol. The first kappa shape index (κ1) is 18.1. The third-order valence-corrected chi connectivity index (χ3v) is 4.52. The van der Waals surface area contributed by atoms with Gasteiger partial charge in [0.1, 0.15) is 5.75 Å². The summed E-state index contributed by atoms with van der Waals surface area (Å²) in [6, 6.07) is 7.45. The molecule has 0 saturated heterocycles. The van der Waals surface area contributed by atoms with Crippen molar-refractivity contribution >= 4 is 22.6 Å². The van der Waals surface area contributed by atoms with Crippen LogP contribution in [0.3, 0.4) is 0 Å². The summed E-state index contributed by atoms with van der Waals surface area (Å²) in [6.45, 7) is 8.01. The molecule has 1 N–H and O–H groups in total. The van der Waals surface area contributed by atoms with Crippen molar-refractivity contribution in [2.75, 3.05) is 12.4 Å². The number of carbonyl (C=O) groups is 1. The molecule has 0 unspecified atom stereocenters. The van der Waals surface area contributed by atoms with Crippen LogP contribution in [-0.4, -0.2) is 32.2 Å². The molecule has 1 aromatic carbocycles. The van der Waals surface area contributed by atoms with Crippen LogP contribution in [0, 0.1) is 6.92 Å². The van der Waals surface area contributed by atoms with Gasteiger partial charge in [-0.05, 0) is 52.0 Å². The van der Waals surface area contributed by atoms with Crippen LogP contribution in [0.4, 0.5) is 5.13 Å². The van der Waals surface area contributed by atoms with Crippen LogP contribution >= 0.6 is 11.5 Å². The summed E-state index contributed by atoms with van der Waals surface area (Å²) in [4.78, 5) is 17.0. The summed E-state index contributed by atoms with van der Waals surface area (Å²) >= 11 is 1.14. The van der Waals surface area contributed by atoms with Gasteiger partial charge in [0, 0.05) is 22.8 Å². The molecule has 3 aromatic rings. The van der Waals surface area contributed by atoms with Gasteiger partial charge in [0.25, 0.3) is 5.91 Å². The fraction of sp³-hybridized carbons (Fsp3) is 0.333. The standard InChI is InChI=1S/C18H21N5O2S/c1-11-14(10-19-23(11)18(2,3)4)16(24)21-17-20-15(22-26-17)12-6-8-13(25-5)9-7-12/h6-10H,1-5H3,(H,20,21,22,24). The van der Waals surface area contributed by atoms with E-state index in [-0.39, 0.29) is 11.4 Å². The Morgan fingerprint density at radius 1 is 1.23 bits per heavy atom. The summed E-state index contributed by atoms with van der Waals surface area (Å²) in [5, 5.41) is 7.58. The molecule has 0 aliphatic rings. The third kappa shape index (κ3) is 3.60. The van der Waals surface area contributed by atoms with Crippen LogP contribution in [0.2, 0.25) is 0 Å². The first-order valence-electron chi connectivity index (χ1n) is 8.14. The summed E-state index contributed by atoms with van der Waals surface area (Å²) in [6.07, 6.45) is 1.58. The van der Waals surface area contributed by atoms with Crippen LogP contribution in [0.5, 0.6) is 5.75 Å². The van der Waals surface area contributed by atoms with Gasteiger partial charge in [0.2, 0.25) is 5.13 Å². The number of ether oxygens (including phenoxy) is 1. The van der Waals surface area contributed by atoms with Crippen LogP contribution in [0.25, 0.3) is 11.4 Å². The second-order valence-electron chi connectivity index (χ2n) is 6.83. The lowest BCUT2D eigenvalue weighted by Crippen LogP contribution is -2.25. The van der Waals surface area contributed by atoms with Gasteiger partial charge in [-0.1, -0.05) is 0 Å².